The summed E-state index contributed by atoms with van der Waals surface area (Å²) < 4.78 is 13.8. The number of piperidine rings is 1. The number of likely N-dealkylation sites (tertiary alicyclic amines) is 1. The van der Waals surface area contributed by atoms with Crippen LogP contribution in [0.3, 0.4) is 0 Å². The van der Waals surface area contributed by atoms with Gasteiger partial charge in [-0.1, -0.05) is 0 Å². The summed E-state index contributed by atoms with van der Waals surface area (Å²) in [6.07, 6.45) is 3.29. The molecule has 1 aliphatic rings. The van der Waals surface area contributed by atoms with Crippen LogP contribution in [0, 0.1) is 5.82 Å². The van der Waals surface area contributed by atoms with Gasteiger partial charge in [0.15, 0.2) is 11.6 Å². The van der Waals surface area contributed by atoms with Crippen molar-refractivity contribution in [1.82, 2.24) is 14.9 Å². The van der Waals surface area contributed by atoms with Crippen LogP contribution in [0.1, 0.15) is 12.8 Å². The van der Waals surface area contributed by atoms with Crippen molar-refractivity contribution < 1.29 is 4.39 Å². The van der Waals surface area contributed by atoms with E-state index in [4.69, 9.17) is 0 Å². The van der Waals surface area contributed by atoms with Crippen LogP contribution in [0.25, 0.3) is 0 Å². The zero-order chi connectivity index (χ0) is 13.1. The minimum Gasteiger partial charge on any atom is -0.357 e. The number of nitrogens with zero attached hydrogens (tertiary/aromatic N) is 4. The summed E-state index contributed by atoms with van der Waals surface area (Å²) in [7, 11) is 5.74. The fraction of sp³-hybridized carbons (Fsp3) is 0.667. The second-order valence-electron chi connectivity index (χ2n) is 4.76. The van der Waals surface area contributed by atoms with Gasteiger partial charge in [0.25, 0.3) is 0 Å². The van der Waals surface area contributed by atoms with Crippen LogP contribution in [-0.2, 0) is 0 Å². The minimum atomic E-state index is -0.365. The largest absolute Gasteiger partial charge is 0.357 e. The van der Waals surface area contributed by atoms with Crippen molar-refractivity contribution in [3.05, 3.63) is 12.0 Å². The van der Waals surface area contributed by atoms with Crippen molar-refractivity contribution in [3.63, 3.8) is 0 Å². The Morgan fingerprint density at radius 3 is 2.72 bits per heavy atom. The molecule has 1 saturated heterocycles. The third-order valence-corrected chi connectivity index (χ3v) is 3.52. The molecule has 0 bridgehead atoms. The van der Waals surface area contributed by atoms with E-state index < -0.39 is 0 Å². The summed E-state index contributed by atoms with van der Waals surface area (Å²) in [4.78, 5) is 12.3. The molecule has 1 aliphatic heterocycles. The Hall–Kier alpha value is -1.43. The highest BCUT2D eigenvalue weighted by Gasteiger charge is 2.23. The lowest BCUT2D eigenvalue weighted by molar-refractivity contribution is 0.252. The first-order valence-electron chi connectivity index (χ1n) is 6.23. The smallest absolute Gasteiger partial charge is 0.224 e. The normalized spacial score (nSPS) is 17.8. The summed E-state index contributed by atoms with van der Waals surface area (Å²) in [6.45, 7) is 2.08. The van der Waals surface area contributed by atoms with Gasteiger partial charge in [0.1, 0.15) is 0 Å². The molecule has 0 atom stereocenters. The molecule has 6 heteroatoms. The number of aromatic nitrogens is 2. The van der Waals surface area contributed by atoms with Gasteiger partial charge in [0.2, 0.25) is 5.95 Å². The molecule has 0 amide bonds. The maximum atomic E-state index is 13.8. The van der Waals surface area contributed by atoms with Gasteiger partial charge in [-0.2, -0.15) is 4.98 Å². The predicted molar refractivity (Wildman–Crippen MR) is 70.5 cm³/mol. The van der Waals surface area contributed by atoms with E-state index in [2.05, 4.69) is 27.2 Å². The lowest BCUT2D eigenvalue weighted by Gasteiger charge is -2.35. The fourth-order valence-corrected chi connectivity index (χ4v) is 2.28. The fourth-order valence-electron chi connectivity index (χ4n) is 2.28. The van der Waals surface area contributed by atoms with Gasteiger partial charge >= 0.3 is 0 Å². The van der Waals surface area contributed by atoms with Crippen molar-refractivity contribution >= 4 is 11.8 Å². The number of nitrogens with one attached hydrogen (secondary N) is 1. The molecule has 0 spiro atoms. The molecule has 0 saturated carbocycles. The Balaban J connectivity index is 2.14. The molecule has 1 fully saturated rings. The van der Waals surface area contributed by atoms with E-state index in [-0.39, 0.29) is 5.82 Å². The molecule has 1 aromatic heterocycles. The number of rotatable bonds is 3. The van der Waals surface area contributed by atoms with E-state index in [1.807, 2.05) is 11.9 Å². The van der Waals surface area contributed by atoms with Crippen LogP contribution < -0.4 is 10.2 Å². The minimum absolute atomic E-state index is 0.343. The van der Waals surface area contributed by atoms with E-state index in [0.29, 0.717) is 17.8 Å². The SMILES string of the molecule is CNc1ncc(F)c(N(C)C2CCN(C)CC2)n1. The molecule has 2 heterocycles. The molecule has 0 radical (unpaired) electrons. The molecule has 1 aromatic rings. The van der Waals surface area contributed by atoms with Gasteiger partial charge in [-0.05, 0) is 33.0 Å². The molecule has 2 rings (SSSR count). The Bertz CT molecular complexity index is 403. The second-order valence-corrected chi connectivity index (χ2v) is 4.76. The predicted octanol–water partition coefficient (Wildman–Crippen LogP) is 1.19. The van der Waals surface area contributed by atoms with E-state index in [1.165, 1.54) is 6.20 Å². The molecular formula is C12H20FN5. The standard InChI is InChI=1S/C12H20FN5/c1-14-12-15-8-10(13)11(16-12)18(3)9-4-6-17(2)7-5-9/h8-9H,4-7H2,1-3H3,(H,14,15,16). The van der Waals surface area contributed by atoms with Crippen LogP contribution in [-0.4, -0.2) is 55.1 Å². The van der Waals surface area contributed by atoms with Crippen molar-refractivity contribution in [2.75, 3.05) is 44.4 Å². The van der Waals surface area contributed by atoms with Crippen molar-refractivity contribution in [1.29, 1.82) is 0 Å². The summed E-state index contributed by atoms with van der Waals surface area (Å²) in [5.74, 6) is 0.463. The van der Waals surface area contributed by atoms with Gasteiger partial charge < -0.3 is 15.1 Å². The van der Waals surface area contributed by atoms with E-state index in [1.54, 1.807) is 7.05 Å². The average Bonchev–Trinajstić information content (AvgIpc) is 2.39. The maximum Gasteiger partial charge on any atom is 0.224 e. The third kappa shape index (κ3) is 2.69. The first-order valence-corrected chi connectivity index (χ1v) is 6.23. The molecule has 0 aromatic carbocycles. The van der Waals surface area contributed by atoms with Gasteiger partial charge in [-0.15, -0.1) is 0 Å². The zero-order valence-electron chi connectivity index (χ0n) is 11.1. The van der Waals surface area contributed by atoms with E-state index in [0.717, 1.165) is 25.9 Å². The number of halogens is 1. The maximum absolute atomic E-state index is 13.8. The monoisotopic (exact) mass is 253 g/mol. The van der Waals surface area contributed by atoms with Crippen molar-refractivity contribution in [2.24, 2.45) is 0 Å². The lowest BCUT2D eigenvalue weighted by Crippen LogP contribution is -2.42. The van der Waals surface area contributed by atoms with Crippen LogP contribution >= 0.6 is 0 Å². The first kappa shape index (κ1) is 13.0. The topological polar surface area (TPSA) is 44.3 Å². The highest BCUT2D eigenvalue weighted by Crippen LogP contribution is 2.22. The molecule has 5 nitrogen and oxygen atoms in total. The van der Waals surface area contributed by atoms with Crippen LogP contribution in [0.5, 0.6) is 0 Å². The zero-order valence-corrected chi connectivity index (χ0v) is 11.1. The number of anilines is 2. The van der Waals surface area contributed by atoms with Gasteiger partial charge in [0.05, 0.1) is 6.20 Å². The average molecular weight is 253 g/mol. The van der Waals surface area contributed by atoms with Gasteiger partial charge in [-0.25, -0.2) is 9.37 Å². The summed E-state index contributed by atoms with van der Waals surface area (Å²) in [5, 5.41) is 2.84. The highest BCUT2D eigenvalue weighted by atomic mass is 19.1. The number of hydrogen-bond acceptors (Lipinski definition) is 5. The molecule has 1 N–H and O–H groups in total. The molecule has 100 valence electrons. The summed E-state index contributed by atoms with van der Waals surface area (Å²) in [6, 6.07) is 0.343. The van der Waals surface area contributed by atoms with E-state index >= 15 is 0 Å². The van der Waals surface area contributed by atoms with Crippen LogP contribution in [0.2, 0.25) is 0 Å². The summed E-state index contributed by atoms with van der Waals surface area (Å²) >= 11 is 0. The Morgan fingerprint density at radius 1 is 1.44 bits per heavy atom. The Labute approximate surface area is 107 Å². The van der Waals surface area contributed by atoms with Crippen LogP contribution in [0.4, 0.5) is 16.2 Å². The second kappa shape index (κ2) is 5.48. The molecule has 0 unspecified atom stereocenters. The molecular weight excluding hydrogens is 233 g/mol. The van der Waals surface area contributed by atoms with Crippen LogP contribution in [0.15, 0.2) is 6.20 Å². The van der Waals surface area contributed by atoms with E-state index in [9.17, 15) is 4.39 Å². The van der Waals surface area contributed by atoms with Gasteiger partial charge in [-0.3, -0.25) is 0 Å². The number of hydrogen-bond donors (Lipinski definition) is 1. The summed E-state index contributed by atoms with van der Waals surface area (Å²) in [5.41, 5.74) is 0. The third-order valence-electron chi connectivity index (χ3n) is 3.52. The lowest BCUT2D eigenvalue weighted by atomic mass is 10.0. The Kier molecular flexibility index (Phi) is 3.96. The molecule has 18 heavy (non-hydrogen) atoms. The Morgan fingerprint density at radius 2 is 2.11 bits per heavy atom. The highest BCUT2D eigenvalue weighted by molar-refractivity contribution is 5.44. The quantitative estimate of drug-likeness (QED) is 0.876. The first-order chi connectivity index (χ1) is 8.61. The van der Waals surface area contributed by atoms with Gasteiger partial charge in [0, 0.05) is 20.1 Å². The van der Waals surface area contributed by atoms with Crippen molar-refractivity contribution in [3.8, 4) is 0 Å². The molecule has 0 aliphatic carbocycles. The van der Waals surface area contributed by atoms with Crippen molar-refractivity contribution in [2.45, 2.75) is 18.9 Å².